The van der Waals surface area contributed by atoms with Crippen molar-refractivity contribution in [2.24, 2.45) is 5.73 Å². The van der Waals surface area contributed by atoms with Crippen molar-refractivity contribution in [2.75, 3.05) is 26.4 Å². The second kappa shape index (κ2) is 6.44. The average Bonchev–Trinajstić information content (AvgIpc) is 3.20. The van der Waals surface area contributed by atoms with E-state index in [4.69, 9.17) is 15.2 Å². The number of carbonyl (C=O) groups excluding carboxylic acids is 1. The van der Waals surface area contributed by atoms with Crippen molar-refractivity contribution in [1.82, 2.24) is 4.90 Å². The molecule has 5 nitrogen and oxygen atoms in total. The first kappa shape index (κ1) is 15.0. The van der Waals surface area contributed by atoms with E-state index in [-0.39, 0.29) is 12.0 Å². The first-order chi connectivity index (χ1) is 10.2. The highest BCUT2D eigenvalue weighted by atomic mass is 32.1. The van der Waals surface area contributed by atoms with E-state index in [0.717, 1.165) is 19.4 Å². The Morgan fingerprint density at radius 3 is 3.05 bits per heavy atom. The quantitative estimate of drug-likeness (QED) is 0.892. The predicted molar refractivity (Wildman–Crippen MR) is 81.1 cm³/mol. The van der Waals surface area contributed by atoms with E-state index in [0.29, 0.717) is 32.7 Å². The molecule has 6 heteroatoms. The number of nitrogens with two attached hydrogens (primary N) is 1. The van der Waals surface area contributed by atoms with Crippen LogP contribution in [0.15, 0.2) is 17.5 Å². The molecule has 2 atom stereocenters. The number of thiophene rings is 1. The van der Waals surface area contributed by atoms with Gasteiger partial charge in [-0.2, -0.15) is 0 Å². The molecule has 116 valence electrons. The fourth-order valence-corrected chi connectivity index (χ4v) is 3.63. The molecule has 2 N–H and O–H groups in total. The second-order valence-corrected chi connectivity index (χ2v) is 6.89. The lowest BCUT2D eigenvalue weighted by Crippen LogP contribution is -2.56. The molecule has 2 aliphatic heterocycles. The number of nitrogens with zero attached hydrogens (tertiary/aromatic N) is 1. The topological polar surface area (TPSA) is 64.8 Å². The standard InChI is InChI=1S/C15H22N2O3S/c16-15(5-7-19-11-15)14(18)17(9-12-3-1-6-20-12)10-13-4-2-8-21-13/h2,4,8,12H,1,3,5-7,9-11,16H2. The molecule has 2 fully saturated rings. The first-order valence-corrected chi connectivity index (χ1v) is 8.35. The third-order valence-corrected chi connectivity index (χ3v) is 5.00. The minimum Gasteiger partial charge on any atom is -0.379 e. The number of hydrogen-bond donors (Lipinski definition) is 1. The summed E-state index contributed by atoms with van der Waals surface area (Å²) in [5.41, 5.74) is 5.39. The molecule has 21 heavy (non-hydrogen) atoms. The maximum absolute atomic E-state index is 12.9. The fourth-order valence-electron chi connectivity index (χ4n) is 2.91. The van der Waals surface area contributed by atoms with Gasteiger partial charge < -0.3 is 20.1 Å². The highest BCUT2D eigenvalue weighted by Crippen LogP contribution is 2.23. The van der Waals surface area contributed by atoms with Crippen LogP contribution in [0.3, 0.4) is 0 Å². The third kappa shape index (κ3) is 3.45. The number of ether oxygens (including phenoxy) is 2. The summed E-state index contributed by atoms with van der Waals surface area (Å²) in [4.78, 5) is 15.9. The van der Waals surface area contributed by atoms with E-state index in [1.54, 1.807) is 11.3 Å². The average molecular weight is 310 g/mol. The Morgan fingerprint density at radius 1 is 1.52 bits per heavy atom. The summed E-state index contributed by atoms with van der Waals surface area (Å²) in [7, 11) is 0. The van der Waals surface area contributed by atoms with Crippen molar-refractivity contribution in [3.05, 3.63) is 22.4 Å². The Kier molecular flexibility index (Phi) is 4.59. The van der Waals surface area contributed by atoms with Gasteiger partial charge in [0.05, 0.1) is 19.3 Å². The molecule has 1 aromatic rings. The van der Waals surface area contributed by atoms with Gasteiger partial charge in [-0.1, -0.05) is 6.07 Å². The van der Waals surface area contributed by atoms with Gasteiger partial charge in [0.25, 0.3) is 0 Å². The third-order valence-electron chi connectivity index (χ3n) is 4.14. The van der Waals surface area contributed by atoms with Crippen molar-refractivity contribution >= 4 is 17.2 Å². The number of rotatable bonds is 5. The summed E-state index contributed by atoms with van der Waals surface area (Å²) in [5, 5.41) is 2.03. The zero-order chi connectivity index (χ0) is 14.7. The zero-order valence-corrected chi connectivity index (χ0v) is 12.9. The minimum absolute atomic E-state index is 0.0103. The second-order valence-electron chi connectivity index (χ2n) is 5.86. The van der Waals surface area contributed by atoms with Crippen LogP contribution in [0.4, 0.5) is 0 Å². The molecule has 1 aromatic heterocycles. The first-order valence-electron chi connectivity index (χ1n) is 7.47. The van der Waals surface area contributed by atoms with Crippen LogP contribution >= 0.6 is 11.3 Å². The Balaban J connectivity index is 1.72. The van der Waals surface area contributed by atoms with Gasteiger partial charge in [0.1, 0.15) is 5.54 Å². The Bertz CT molecular complexity index is 465. The van der Waals surface area contributed by atoms with Crippen LogP contribution in [0.25, 0.3) is 0 Å². The lowest BCUT2D eigenvalue weighted by atomic mass is 9.98. The lowest BCUT2D eigenvalue weighted by Gasteiger charge is -2.32. The summed E-state index contributed by atoms with van der Waals surface area (Å²) in [5.74, 6) is -0.0103. The molecule has 3 rings (SSSR count). The molecule has 0 radical (unpaired) electrons. The van der Waals surface area contributed by atoms with Gasteiger partial charge in [-0.05, 0) is 30.7 Å². The van der Waals surface area contributed by atoms with Crippen LogP contribution in [0, 0.1) is 0 Å². The molecule has 0 aromatic carbocycles. The molecule has 2 saturated heterocycles. The molecule has 1 amide bonds. The maximum Gasteiger partial charge on any atom is 0.245 e. The monoisotopic (exact) mass is 310 g/mol. The molecule has 2 aliphatic rings. The van der Waals surface area contributed by atoms with E-state index in [1.165, 1.54) is 4.88 Å². The van der Waals surface area contributed by atoms with E-state index < -0.39 is 5.54 Å². The smallest absolute Gasteiger partial charge is 0.245 e. The van der Waals surface area contributed by atoms with Gasteiger partial charge in [-0.15, -0.1) is 11.3 Å². The fraction of sp³-hybridized carbons (Fsp3) is 0.667. The highest BCUT2D eigenvalue weighted by molar-refractivity contribution is 7.09. The van der Waals surface area contributed by atoms with Crippen molar-refractivity contribution < 1.29 is 14.3 Å². The predicted octanol–water partition coefficient (Wildman–Crippen LogP) is 1.37. The van der Waals surface area contributed by atoms with Crippen LogP contribution in [0.1, 0.15) is 24.1 Å². The maximum atomic E-state index is 12.9. The molecule has 2 unspecified atom stereocenters. The van der Waals surface area contributed by atoms with E-state index >= 15 is 0 Å². The number of hydrogen-bond acceptors (Lipinski definition) is 5. The normalized spacial score (nSPS) is 28.9. The molecule has 3 heterocycles. The van der Waals surface area contributed by atoms with Gasteiger partial charge in [-0.25, -0.2) is 0 Å². The van der Waals surface area contributed by atoms with Crippen LogP contribution in [0.5, 0.6) is 0 Å². The van der Waals surface area contributed by atoms with E-state index in [1.807, 2.05) is 16.3 Å². The van der Waals surface area contributed by atoms with E-state index in [9.17, 15) is 4.79 Å². The van der Waals surface area contributed by atoms with Gasteiger partial charge in [0.15, 0.2) is 0 Å². The molecule has 0 saturated carbocycles. The van der Waals surface area contributed by atoms with Crippen molar-refractivity contribution in [3.8, 4) is 0 Å². The van der Waals surface area contributed by atoms with Crippen LogP contribution in [0.2, 0.25) is 0 Å². The summed E-state index contributed by atoms with van der Waals surface area (Å²) in [6.07, 6.45) is 2.82. The SMILES string of the molecule is NC1(C(=O)N(Cc2cccs2)CC2CCCO2)CCOC1. The number of carbonyl (C=O) groups is 1. The van der Waals surface area contributed by atoms with Crippen molar-refractivity contribution in [1.29, 1.82) is 0 Å². The molecule has 0 aliphatic carbocycles. The highest BCUT2D eigenvalue weighted by Gasteiger charge is 2.41. The Morgan fingerprint density at radius 2 is 2.43 bits per heavy atom. The summed E-state index contributed by atoms with van der Waals surface area (Å²) < 4.78 is 11.0. The van der Waals surface area contributed by atoms with E-state index in [2.05, 4.69) is 6.07 Å². The molecule has 0 spiro atoms. The lowest BCUT2D eigenvalue weighted by molar-refractivity contribution is -0.139. The van der Waals surface area contributed by atoms with Gasteiger partial charge in [0.2, 0.25) is 5.91 Å². The van der Waals surface area contributed by atoms with Crippen LogP contribution in [-0.2, 0) is 20.8 Å². The zero-order valence-electron chi connectivity index (χ0n) is 12.1. The van der Waals surface area contributed by atoms with Gasteiger partial charge in [-0.3, -0.25) is 4.79 Å². The summed E-state index contributed by atoms with van der Waals surface area (Å²) in [6.45, 7) is 2.90. The van der Waals surface area contributed by atoms with Crippen LogP contribution in [-0.4, -0.2) is 48.8 Å². The molecular weight excluding hydrogens is 288 g/mol. The largest absolute Gasteiger partial charge is 0.379 e. The molecular formula is C15H22N2O3S. The van der Waals surface area contributed by atoms with Crippen molar-refractivity contribution in [2.45, 2.75) is 37.5 Å². The minimum atomic E-state index is -0.865. The summed E-state index contributed by atoms with van der Waals surface area (Å²) in [6, 6.07) is 4.06. The Labute approximate surface area is 129 Å². The van der Waals surface area contributed by atoms with Crippen LogP contribution < -0.4 is 5.73 Å². The summed E-state index contributed by atoms with van der Waals surface area (Å²) >= 11 is 1.66. The van der Waals surface area contributed by atoms with Crippen molar-refractivity contribution in [3.63, 3.8) is 0 Å². The van der Waals surface area contributed by atoms with Gasteiger partial charge in [0, 0.05) is 24.6 Å². The Hall–Kier alpha value is -0.950. The molecule has 0 bridgehead atoms. The van der Waals surface area contributed by atoms with Gasteiger partial charge >= 0.3 is 0 Å². The number of amides is 1.